The molecule has 1 unspecified atom stereocenters. The van der Waals surface area contributed by atoms with Gasteiger partial charge in [-0.1, -0.05) is 0 Å². The van der Waals surface area contributed by atoms with Gasteiger partial charge in [0.2, 0.25) is 0 Å². The summed E-state index contributed by atoms with van der Waals surface area (Å²) in [4.78, 5) is 8.78. The number of hydrogen-bond acceptors (Lipinski definition) is 3. The molecule has 0 radical (unpaired) electrons. The highest BCUT2D eigenvalue weighted by molar-refractivity contribution is 5.61. The quantitative estimate of drug-likeness (QED) is 0.495. The van der Waals surface area contributed by atoms with E-state index in [2.05, 4.69) is 37.1 Å². The van der Waals surface area contributed by atoms with Crippen molar-refractivity contribution in [2.24, 2.45) is 5.73 Å². The molecule has 5 N–H and O–H groups in total. The summed E-state index contributed by atoms with van der Waals surface area (Å²) in [6.07, 6.45) is -0.0583. The van der Waals surface area contributed by atoms with E-state index in [1.54, 1.807) is 0 Å². The Balaban J connectivity index is 0.000000364. The van der Waals surface area contributed by atoms with Crippen LogP contribution in [0.2, 0.25) is 0 Å². The van der Waals surface area contributed by atoms with Crippen LogP contribution in [0.3, 0.4) is 0 Å². The van der Waals surface area contributed by atoms with Crippen molar-refractivity contribution < 1.29 is 9.90 Å². The number of carboxylic acid groups (broad SMARTS) is 1. The van der Waals surface area contributed by atoms with Crippen molar-refractivity contribution in [3.8, 4) is 0 Å². The monoisotopic (exact) mass is 203 g/mol. The van der Waals surface area contributed by atoms with Gasteiger partial charge in [-0.05, 0) is 33.7 Å². The van der Waals surface area contributed by atoms with E-state index in [-0.39, 0.29) is 5.54 Å². The van der Waals surface area contributed by atoms with E-state index >= 15 is 0 Å². The van der Waals surface area contributed by atoms with Gasteiger partial charge in [0.1, 0.15) is 0 Å². The van der Waals surface area contributed by atoms with E-state index in [0.717, 1.165) is 6.54 Å². The first-order valence-electron chi connectivity index (χ1n) is 4.78. The smallest absolute Gasteiger partial charge is 0.402 e. The minimum Gasteiger partial charge on any atom is -0.465 e. The van der Waals surface area contributed by atoms with Gasteiger partial charge in [0, 0.05) is 18.1 Å². The van der Waals surface area contributed by atoms with Crippen molar-refractivity contribution in [2.75, 3.05) is 13.1 Å². The van der Waals surface area contributed by atoms with Gasteiger partial charge in [0.25, 0.3) is 0 Å². The standard InChI is InChI=1S/C8H18N2.CH3NO2/c1-8(2,3)10-7-4-5-9-6-7;2-1(3)4/h7,9-10H,4-6H2,1-3H3;2H2,(H,3,4). The van der Waals surface area contributed by atoms with Crippen LogP contribution in [0.4, 0.5) is 4.79 Å². The SMILES string of the molecule is CC(C)(C)NC1CCNC1.NC(=O)O. The summed E-state index contributed by atoms with van der Waals surface area (Å²) < 4.78 is 0. The molecule has 14 heavy (non-hydrogen) atoms. The van der Waals surface area contributed by atoms with Crippen LogP contribution in [-0.4, -0.2) is 35.9 Å². The Morgan fingerprint density at radius 3 is 2.36 bits per heavy atom. The Bertz CT molecular complexity index is 167. The maximum absolute atomic E-state index is 8.78. The average molecular weight is 203 g/mol. The van der Waals surface area contributed by atoms with Crippen molar-refractivity contribution in [3.63, 3.8) is 0 Å². The molecule has 1 rings (SSSR count). The zero-order valence-electron chi connectivity index (χ0n) is 9.13. The largest absolute Gasteiger partial charge is 0.465 e. The molecule has 1 aliphatic rings. The van der Waals surface area contributed by atoms with Crippen LogP contribution in [0.5, 0.6) is 0 Å². The van der Waals surface area contributed by atoms with Gasteiger partial charge in [-0.2, -0.15) is 0 Å². The van der Waals surface area contributed by atoms with Crippen LogP contribution >= 0.6 is 0 Å². The zero-order valence-corrected chi connectivity index (χ0v) is 9.13. The maximum Gasteiger partial charge on any atom is 0.402 e. The van der Waals surface area contributed by atoms with Crippen LogP contribution in [0.1, 0.15) is 27.2 Å². The lowest BCUT2D eigenvalue weighted by molar-refractivity contribution is 0.205. The topological polar surface area (TPSA) is 87.4 Å². The minimum atomic E-state index is -1.33. The number of amides is 1. The molecule has 1 aliphatic heterocycles. The normalized spacial score (nSPS) is 21.2. The number of primary amides is 1. The fourth-order valence-corrected chi connectivity index (χ4v) is 1.39. The van der Waals surface area contributed by atoms with Crippen LogP contribution in [-0.2, 0) is 0 Å². The fraction of sp³-hybridized carbons (Fsp3) is 0.889. The third kappa shape index (κ3) is 9.28. The highest BCUT2D eigenvalue weighted by atomic mass is 16.4. The van der Waals surface area contributed by atoms with Gasteiger partial charge in [-0.25, -0.2) is 4.79 Å². The fourth-order valence-electron chi connectivity index (χ4n) is 1.39. The first-order chi connectivity index (χ1) is 6.31. The van der Waals surface area contributed by atoms with Crippen LogP contribution in [0, 0.1) is 0 Å². The molecular formula is C9H21N3O2. The summed E-state index contributed by atoms with van der Waals surface area (Å²) in [6, 6.07) is 0.694. The zero-order chi connectivity index (χ0) is 11.2. The predicted molar refractivity (Wildman–Crippen MR) is 56.4 cm³/mol. The second-order valence-corrected chi connectivity index (χ2v) is 4.42. The molecule has 1 heterocycles. The molecule has 84 valence electrons. The molecule has 0 saturated carbocycles. The van der Waals surface area contributed by atoms with Crippen molar-refractivity contribution in [2.45, 2.75) is 38.8 Å². The Morgan fingerprint density at radius 2 is 2.07 bits per heavy atom. The average Bonchev–Trinajstić information content (AvgIpc) is 2.33. The third-order valence-corrected chi connectivity index (χ3v) is 1.70. The second kappa shape index (κ2) is 5.82. The Labute approximate surface area is 85.1 Å². The summed E-state index contributed by atoms with van der Waals surface area (Å²) in [6.45, 7) is 8.95. The summed E-state index contributed by atoms with van der Waals surface area (Å²) in [7, 11) is 0. The highest BCUT2D eigenvalue weighted by Gasteiger charge is 2.19. The van der Waals surface area contributed by atoms with Crippen molar-refractivity contribution in [1.82, 2.24) is 10.6 Å². The Kier molecular flexibility index (Phi) is 5.49. The first-order valence-corrected chi connectivity index (χ1v) is 4.78. The van der Waals surface area contributed by atoms with Crippen molar-refractivity contribution in [1.29, 1.82) is 0 Å². The lowest BCUT2D eigenvalue weighted by Gasteiger charge is -2.25. The first kappa shape index (κ1) is 13.2. The molecule has 0 spiro atoms. The van der Waals surface area contributed by atoms with Gasteiger partial charge >= 0.3 is 6.09 Å². The third-order valence-electron chi connectivity index (χ3n) is 1.70. The molecule has 0 aliphatic carbocycles. The summed E-state index contributed by atoms with van der Waals surface area (Å²) in [5.41, 5.74) is 4.30. The van der Waals surface area contributed by atoms with Gasteiger partial charge in [-0.3, -0.25) is 0 Å². The van der Waals surface area contributed by atoms with Crippen molar-refractivity contribution >= 4 is 6.09 Å². The van der Waals surface area contributed by atoms with E-state index < -0.39 is 6.09 Å². The summed E-state index contributed by atoms with van der Waals surface area (Å²) in [5.74, 6) is 0. The molecule has 1 amide bonds. The Hall–Kier alpha value is -0.810. The van der Waals surface area contributed by atoms with Crippen molar-refractivity contribution in [3.05, 3.63) is 0 Å². The molecule has 0 aromatic carbocycles. The Morgan fingerprint density at radius 1 is 1.57 bits per heavy atom. The molecule has 1 saturated heterocycles. The minimum absolute atomic E-state index is 0.274. The number of hydrogen-bond donors (Lipinski definition) is 4. The van der Waals surface area contributed by atoms with E-state index in [4.69, 9.17) is 9.90 Å². The molecule has 5 heteroatoms. The van der Waals surface area contributed by atoms with Crippen LogP contribution in [0.15, 0.2) is 0 Å². The van der Waals surface area contributed by atoms with E-state index in [9.17, 15) is 0 Å². The molecule has 1 atom stereocenters. The van der Waals surface area contributed by atoms with Gasteiger partial charge in [0.05, 0.1) is 0 Å². The maximum atomic E-state index is 8.78. The number of nitrogens with one attached hydrogen (secondary N) is 2. The van der Waals surface area contributed by atoms with E-state index in [1.807, 2.05) is 0 Å². The highest BCUT2D eigenvalue weighted by Crippen LogP contribution is 2.05. The summed E-state index contributed by atoms with van der Waals surface area (Å²) in [5, 5.41) is 14.1. The molecule has 5 nitrogen and oxygen atoms in total. The number of nitrogens with two attached hydrogens (primary N) is 1. The van der Waals surface area contributed by atoms with Gasteiger partial charge < -0.3 is 21.5 Å². The number of carbonyl (C=O) groups is 1. The lowest BCUT2D eigenvalue weighted by atomic mass is 10.1. The van der Waals surface area contributed by atoms with Gasteiger partial charge in [0.15, 0.2) is 0 Å². The molecule has 0 aromatic rings. The van der Waals surface area contributed by atoms with E-state index in [0.29, 0.717) is 6.04 Å². The van der Waals surface area contributed by atoms with Crippen LogP contribution in [0.25, 0.3) is 0 Å². The lowest BCUT2D eigenvalue weighted by Crippen LogP contribution is -2.44. The predicted octanol–water partition coefficient (Wildman–Crippen LogP) is 0.360. The second-order valence-electron chi connectivity index (χ2n) is 4.42. The molecular weight excluding hydrogens is 182 g/mol. The number of rotatable bonds is 1. The summed E-state index contributed by atoms with van der Waals surface area (Å²) >= 11 is 0. The molecule has 0 aromatic heterocycles. The van der Waals surface area contributed by atoms with E-state index in [1.165, 1.54) is 13.0 Å². The molecule has 0 bridgehead atoms. The van der Waals surface area contributed by atoms with Crippen LogP contribution < -0.4 is 16.4 Å². The molecule has 1 fully saturated rings. The van der Waals surface area contributed by atoms with Gasteiger partial charge in [-0.15, -0.1) is 0 Å².